The summed E-state index contributed by atoms with van der Waals surface area (Å²) in [5, 5.41) is 5.21. The molecule has 4 rings (SSSR count). The molecule has 0 atom stereocenters. The Bertz CT molecular complexity index is 1030. The van der Waals surface area contributed by atoms with Crippen LogP contribution < -0.4 is 0 Å². The summed E-state index contributed by atoms with van der Waals surface area (Å²) in [5.41, 5.74) is 4.14. The van der Waals surface area contributed by atoms with Crippen LogP contribution in [0.4, 0.5) is 0 Å². The molecule has 0 aliphatic rings. The molecule has 0 aliphatic heterocycles. The third kappa shape index (κ3) is 2.59. The third-order valence-corrected chi connectivity index (χ3v) is 4.79. The van der Waals surface area contributed by atoms with Crippen LogP contribution in [-0.2, 0) is 5.41 Å². The third-order valence-electron chi connectivity index (χ3n) is 4.79. The van der Waals surface area contributed by atoms with Gasteiger partial charge in [-0.25, -0.2) is 0 Å². The highest BCUT2D eigenvalue weighted by molar-refractivity contribution is 6.04. The molecular formula is C24H22. The molecule has 118 valence electrons. The van der Waals surface area contributed by atoms with Crippen molar-refractivity contribution in [1.29, 1.82) is 0 Å². The van der Waals surface area contributed by atoms with E-state index in [-0.39, 0.29) is 5.41 Å². The number of hydrogen-bond acceptors (Lipinski definition) is 0. The molecule has 0 bridgehead atoms. The van der Waals surface area contributed by atoms with E-state index in [1.807, 2.05) is 0 Å². The van der Waals surface area contributed by atoms with E-state index in [0.717, 1.165) is 0 Å². The summed E-state index contributed by atoms with van der Waals surface area (Å²) in [6.45, 7) is 6.80. The van der Waals surface area contributed by atoms with E-state index in [2.05, 4.69) is 99.6 Å². The van der Waals surface area contributed by atoms with E-state index in [0.29, 0.717) is 0 Å². The highest BCUT2D eigenvalue weighted by atomic mass is 14.2. The van der Waals surface area contributed by atoms with Gasteiger partial charge in [0.2, 0.25) is 0 Å². The molecule has 4 aromatic rings. The van der Waals surface area contributed by atoms with Crippen LogP contribution in [-0.4, -0.2) is 0 Å². The molecule has 0 radical (unpaired) electrons. The summed E-state index contributed by atoms with van der Waals surface area (Å²) in [7, 11) is 0. The predicted octanol–water partition coefficient (Wildman–Crippen LogP) is 6.96. The van der Waals surface area contributed by atoms with Gasteiger partial charge >= 0.3 is 0 Å². The van der Waals surface area contributed by atoms with Crippen molar-refractivity contribution in [3.8, 4) is 11.1 Å². The van der Waals surface area contributed by atoms with Gasteiger partial charge in [0.1, 0.15) is 0 Å². The van der Waals surface area contributed by atoms with E-state index in [1.165, 1.54) is 38.2 Å². The fourth-order valence-corrected chi connectivity index (χ4v) is 3.37. The molecule has 24 heavy (non-hydrogen) atoms. The average Bonchev–Trinajstić information content (AvgIpc) is 2.59. The van der Waals surface area contributed by atoms with Crippen LogP contribution in [0.15, 0.2) is 78.9 Å². The minimum absolute atomic E-state index is 0.160. The molecule has 0 aromatic heterocycles. The Hall–Kier alpha value is -2.60. The minimum atomic E-state index is 0.160. The summed E-state index contributed by atoms with van der Waals surface area (Å²) in [5.74, 6) is 0. The Balaban J connectivity index is 1.98. The first kappa shape index (κ1) is 15.0. The van der Waals surface area contributed by atoms with Gasteiger partial charge in [0.05, 0.1) is 0 Å². The first-order chi connectivity index (χ1) is 11.5. The van der Waals surface area contributed by atoms with E-state index in [9.17, 15) is 0 Å². The van der Waals surface area contributed by atoms with Crippen molar-refractivity contribution in [1.82, 2.24) is 0 Å². The maximum absolute atomic E-state index is 2.34. The van der Waals surface area contributed by atoms with Crippen LogP contribution >= 0.6 is 0 Å². The molecule has 0 nitrogen and oxygen atoms in total. The normalized spacial score (nSPS) is 12.0. The number of hydrogen-bond donors (Lipinski definition) is 0. The van der Waals surface area contributed by atoms with Gasteiger partial charge < -0.3 is 0 Å². The standard InChI is InChI=1S/C24H22/c1-24(2,3)21-12-6-10-20(15-21)22-13-7-11-19-14-17-8-4-5-9-18(17)16-23(19)22/h4-16H,1-3H3. The average molecular weight is 310 g/mol. The van der Waals surface area contributed by atoms with Crippen molar-refractivity contribution in [2.75, 3.05) is 0 Å². The molecule has 0 heterocycles. The number of rotatable bonds is 1. The molecule has 4 aromatic carbocycles. The topological polar surface area (TPSA) is 0 Å². The van der Waals surface area contributed by atoms with Crippen LogP contribution in [0.5, 0.6) is 0 Å². The van der Waals surface area contributed by atoms with Crippen molar-refractivity contribution in [3.05, 3.63) is 84.4 Å². The van der Waals surface area contributed by atoms with Gasteiger partial charge in [-0.05, 0) is 55.8 Å². The highest BCUT2D eigenvalue weighted by Gasteiger charge is 2.14. The quantitative estimate of drug-likeness (QED) is 0.333. The molecule has 0 heteroatoms. The summed E-state index contributed by atoms with van der Waals surface area (Å²) in [4.78, 5) is 0. The van der Waals surface area contributed by atoms with E-state index >= 15 is 0 Å². The molecule has 0 saturated carbocycles. The first-order valence-corrected chi connectivity index (χ1v) is 8.55. The van der Waals surface area contributed by atoms with Gasteiger partial charge in [-0.1, -0.05) is 87.5 Å². The Labute approximate surface area is 143 Å². The monoisotopic (exact) mass is 310 g/mol. The Morgan fingerprint density at radius 3 is 2.00 bits per heavy atom. The fourth-order valence-electron chi connectivity index (χ4n) is 3.37. The van der Waals surface area contributed by atoms with Crippen molar-refractivity contribution in [2.24, 2.45) is 0 Å². The van der Waals surface area contributed by atoms with Gasteiger partial charge in [-0.2, -0.15) is 0 Å². The second-order valence-electron chi connectivity index (χ2n) is 7.56. The zero-order valence-corrected chi connectivity index (χ0v) is 14.5. The van der Waals surface area contributed by atoms with Gasteiger partial charge in [0, 0.05) is 0 Å². The summed E-state index contributed by atoms with van der Waals surface area (Å²) in [6, 6.07) is 28.8. The Morgan fingerprint density at radius 2 is 1.25 bits per heavy atom. The summed E-state index contributed by atoms with van der Waals surface area (Å²) in [6.07, 6.45) is 0. The van der Waals surface area contributed by atoms with Crippen molar-refractivity contribution in [3.63, 3.8) is 0 Å². The lowest BCUT2D eigenvalue weighted by Gasteiger charge is -2.20. The second-order valence-corrected chi connectivity index (χ2v) is 7.56. The lowest BCUT2D eigenvalue weighted by atomic mass is 9.85. The summed E-state index contributed by atoms with van der Waals surface area (Å²) >= 11 is 0. The Morgan fingerprint density at radius 1 is 0.583 bits per heavy atom. The smallest absolute Gasteiger partial charge is 0.00990 e. The predicted molar refractivity (Wildman–Crippen MR) is 106 cm³/mol. The molecule has 0 spiro atoms. The first-order valence-electron chi connectivity index (χ1n) is 8.55. The fraction of sp³-hybridized carbons (Fsp3) is 0.167. The van der Waals surface area contributed by atoms with E-state index in [1.54, 1.807) is 0 Å². The van der Waals surface area contributed by atoms with Crippen molar-refractivity contribution >= 4 is 21.5 Å². The molecule has 0 fully saturated rings. The second kappa shape index (κ2) is 5.49. The Kier molecular flexibility index (Phi) is 3.42. The number of fused-ring (bicyclic) bond motifs is 2. The lowest BCUT2D eigenvalue weighted by molar-refractivity contribution is 0.590. The van der Waals surface area contributed by atoms with E-state index < -0.39 is 0 Å². The molecule has 0 unspecified atom stereocenters. The maximum Gasteiger partial charge on any atom is -0.00990 e. The van der Waals surface area contributed by atoms with Crippen LogP contribution in [0.1, 0.15) is 26.3 Å². The van der Waals surface area contributed by atoms with Crippen LogP contribution in [0.3, 0.4) is 0 Å². The van der Waals surface area contributed by atoms with Crippen molar-refractivity contribution in [2.45, 2.75) is 26.2 Å². The SMILES string of the molecule is CC(C)(C)c1cccc(-c2cccc3cc4ccccc4cc23)c1. The molecule has 0 saturated heterocycles. The zero-order valence-electron chi connectivity index (χ0n) is 14.5. The van der Waals surface area contributed by atoms with Crippen LogP contribution in [0.25, 0.3) is 32.7 Å². The van der Waals surface area contributed by atoms with Gasteiger partial charge in [0.25, 0.3) is 0 Å². The van der Waals surface area contributed by atoms with Gasteiger partial charge in [0.15, 0.2) is 0 Å². The lowest BCUT2D eigenvalue weighted by Crippen LogP contribution is -2.10. The molecule has 0 N–H and O–H groups in total. The molecular weight excluding hydrogens is 288 g/mol. The van der Waals surface area contributed by atoms with Crippen LogP contribution in [0, 0.1) is 0 Å². The van der Waals surface area contributed by atoms with Gasteiger partial charge in [-0.15, -0.1) is 0 Å². The maximum atomic E-state index is 2.34. The van der Waals surface area contributed by atoms with Crippen molar-refractivity contribution < 1.29 is 0 Å². The largest absolute Gasteiger partial charge is 0.0616 e. The minimum Gasteiger partial charge on any atom is -0.0616 e. The van der Waals surface area contributed by atoms with Gasteiger partial charge in [-0.3, -0.25) is 0 Å². The van der Waals surface area contributed by atoms with E-state index in [4.69, 9.17) is 0 Å². The van der Waals surface area contributed by atoms with Crippen LogP contribution in [0.2, 0.25) is 0 Å². The highest BCUT2D eigenvalue weighted by Crippen LogP contribution is 2.34. The number of benzene rings is 4. The molecule has 0 aliphatic carbocycles. The molecule has 0 amide bonds. The zero-order chi connectivity index (χ0) is 16.7. The summed E-state index contributed by atoms with van der Waals surface area (Å²) < 4.78 is 0.